The van der Waals surface area contributed by atoms with E-state index in [9.17, 15) is 4.39 Å². The van der Waals surface area contributed by atoms with Crippen LogP contribution in [-0.4, -0.2) is 29.6 Å². The molecule has 1 saturated heterocycles. The first-order valence-corrected chi connectivity index (χ1v) is 7.60. The molecule has 1 aromatic rings. The van der Waals surface area contributed by atoms with Crippen LogP contribution in [0.4, 0.5) is 10.1 Å². The van der Waals surface area contributed by atoms with E-state index in [2.05, 4.69) is 11.8 Å². The van der Waals surface area contributed by atoms with Gasteiger partial charge in [-0.3, -0.25) is 0 Å². The lowest BCUT2D eigenvalue weighted by Gasteiger charge is -2.43. The first kappa shape index (κ1) is 12.3. The highest BCUT2D eigenvalue weighted by atomic mass is 32.2. The van der Waals surface area contributed by atoms with E-state index in [4.69, 9.17) is 5.73 Å². The Balaban J connectivity index is 2.02. The summed E-state index contributed by atoms with van der Waals surface area (Å²) in [5, 5.41) is 0.511. The molecule has 4 heteroatoms. The van der Waals surface area contributed by atoms with Crippen molar-refractivity contribution < 1.29 is 4.39 Å². The number of rotatable bonds is 2. The second-order valence-corrected chi connectivity index (χ2v) is 6.69. The molecule has 0 amide bonds. The Labute approximate surface area is 112 Å². The Morgan fingerprint density at radius 1 is 1.56 bits per heavy atom. The fourth-order valence-electron chi connectivity index (χ4n) is 3.32. The molecule has 1 aromatic carbocycles. The average molecular weight is 266 g/mol. The first-order valence-electron chi connectivity index (χ1n) is 6.55. The van der Waals surface area contributed by atoms with Crippen molar-refractivity contribution in [2.24, 2.45) is 5.73 Å². The van der Waals surface area contributed by atoms with E-state index >= 15 is 0 Å². The van der Waals surface area contributed by atoms with Gasteiger partial charge in [0.1, 0.15) is 5.82 Å². The Kier molecular flexibility index (Phi) is 3.02. The maximum Gasteiger partial charge on any atom is 0.125 e. The van der Waals surface area contributed by atoms with Gasteiger partial charge in [0.05, 0.1) is 5.54 Å². The van der Waals surface area contributed by atoms with Crippen LogP contribution in [-0.2, 0) is 6.42 Å². The molecule has 2 aliphatic rings. The van der Waals surface area contributed by atoms with Crippen LogP contribution in [0.5, 0.6) is 0 Å². The molecule has 2 atom stereocenters. The van der Waals surface area contributed by atoms with Gasteiger partial charge in [-0.2, -0.15) is 11.8 Å². The molecule has 0 saturated carbocycles. The lowest BCUT2D eigenvalue weighted by molar-refractivity contribution is 0.403. The summed E-state index contributed by atoms with van der Waals surface area (Å²) < 4.78 is 13.5. The summed E-state index contributed by atoms with van der Waals surface area (Å²) in [6.45, 7) is 3.87. The van der Waals surface area contributed by atoms with E-state index in [0.717, 1.165) is 30.8 Å². The lowest BCUT2D eigenvalue weighted by atomic mass is 9.90. The molecule has 18 heavy (non-hydrogen) atoms. The summed E-state index contributed by atoms with van der Waals surface area (Å²) >= 11 is 1.98. The number of hydrogen-bond donors (Lipinski definition) is 1. The highest BCUT2D eigenvalue weighted by Crippen LogP contribution is 2.44. The SMILES string of the molecule is CC1SCCC1(CN)N1CCc2ccc(F)cc21. The molecule has 2 heterocycles. The van der Waals surface area contributed by atoms with Crippen molar-refractivity contribution in [3.63, 3.8) is 0 Å². The molecule has 0 aliphatic carbocycles. The Hall–Kier alpha value is -0.740. The standard InChI is InChI=1S/C14H19FN2S/c1-10-14(9-16,5-7-18-10)17-6-4-11-2-3-12(15)8-13(11)17/h2-3,8,10H,4-7,9,16H2,1H3. The Bertz CT molecular complexity index is 465. The van der Waals surface area contributed by atoms with Crippen LogP contribution in [0.15, 0.2) is 18.2 Å². The normalized spacial score (nSPS) is 30.8. The number of halogens is 1. The lowest BCUT2D eigenvalue weighted by Crippen LogP contribution is -2.57. The number of nitrogens with two attached hydrogens (primary N) is 1. The van der Waals surface area contributed by atoms with Crippen molar-refractivity contribution in [1.82, 2.24) is 0 Å². The Morgan fingerprint density at radius 2 is 2.39 bits per heavy atom. The summed E-state index contributed by atoms with van der Waals surface area (Å²) in [6, 6.07) is 5.15. The molecule has 1 fully saturated rings. The molecule has 0 aromatic heterocycles. The third-order valence-corrected chi connectivity index (χ3v) is 5.87. The molecule has 0 bridgehead atoms. The van der Waals surface area contributed by atoms with Crippen molar-refractivity contribution in [1.29, 1.82) is 0 Å². The molecule has 2 aliphatic heterocycles. The minimum atomic E-state index is -0.147. The molecule has 0 radical (unpaired) electrons. The summed E-state index contributed by atoms with van der Waals surface area (Å²) in [7, 11) is 0. The van der Waals surface area contributed by atoms with Crippen LogP contribution in [0.3, 0.4) is 0 Å². The molecule has 2 nitrogen and oxygen atoms in total. The summed E-state index contributed by atoms with van der Waals surface area (Å²) in [5.41, 5.74) is 8.43. The summed E-state index contributed by atoms with van der Waals surface area (Å²) in [4.78, 5) is 2.37. The minimum Gasteiger partial charge on any atom is -0.363 e. The Morgan fingerprint density at radius 3 is 3.06 bits per heavy atom. The van der Waals surface area contributed by atoms with E-state index in [1.165, 1.54) is 5.56 Å². The van der Waals surface area contributed by atoms with Crippen molar-refractivity contribution in [3.05, 3.63) is 29.6 Å². The maximum atomic E-state index is 13.5. The van der Waals surface area contributed by atoms with Crippen LogP contribution < -0.4 is 10.6 Å². The van der Waals surface area contributed by atoms with Crippen molar-refractivity contribution >= 4 is 17.4 Å². The average Bonchev–Trinajstić information content (AvgIpc) is 2.93. The van der Waals surface area contributed by atoms with Gasteiger partial charge >= 0.3 is 0 Å². The van der Waals surface area contributed by atoms with Gasteiger partial charge in [0.25, 0.3) is 0 Å². The van der Waals surface area contributed by atoms with Crippen LogP contribution in [0.2, 0.25) is 0 Å². The van der Waals surface area contributed by atoms with Gasteiger partial charge in [-0.05, 0) is 36.3 Å². The fourth-order valence-corrected chi connectivity index (χ4v) is 4.79. The first-order chi connectivity index (χ1) is 8.67. The number of fused-ring (bicyclic) bond motifs is 1. The molecule has 0 spiro atoms. The maximum absolute atomic E-state index is 13.5. The highest BCUT2D eigenvalue weighted by molar-refractivity contribution is 8.00. The van der Waals surface area contributed by atoms with E-state index in [0.29, 0.717) is 11.8 Å². The van der Waals surface area contributed by atoms with E-state index in [1.54, 1.807) is 12.1 Å². The zero-order valence-electron chi connectivity index (χ0n) is 10.7. The van der Waals surface area contributed by atoms with E-state index in [1.807, 2.05) is 17.8 Å². The third kappa shape index (κ3) is 1.66. The number of hydrogen-bond acceptors (Lipinski definition) is 3. The predicted octanol–water partition coefficient (Wildman–Crippen LogP) is 2.41. The number of anilines is 1. The molecule has 98 valence electrons. The smallest absolute Gasteiger partial charge is 0.125 e. The van der Waals surface area contributed by atoms with E-state index < -0.39 is 0 Å². The van der Waals surface area contributed by atoms with Crippen LogP contribution in [0.1, 0.15) is 18.9 Å². The monoisotopic (exact) mass is 266 g/mol. The topological polar surface area (TPSA) is 29.3 Å². The molecular formula is C14H19FN2S. The van der Waals surface area contributed by atoms with Crippen molar-refractivity contribution in [3.8, 4) is 0 Å². The molecular weight excluding hydrogens is 247 g/mol. The highest BCUT2D eigenvalue weighted by Gasteiger charge is 2.46. The van der Waals surface area contributed by atoms with E-state index in [-0.39, 0.29) is 11.4 Å². The molecule has 3 rings (SSSR count). The summed E-state index contributed by atoms with van der Waals surface area (Å²) in [5.74, 6) is 1.01. The molecule has 2 unspecified atom stereocenters. The number of thioether (sulfide) groups is 1. The second-order valence-electron chi connectivity index (χ2n) is 5.25. The van der Waals surface area contributed by atoms with Gasteiger partial charge in [0.2, 0.25) is 0 Å². The van der Waals surface area contributed by atoms with Crippen LogP contribution in [0, 0.1) is 5.82 Å². The van der Waals surface area contributed by atoms with Crippen LogP contribution in [0.25, 0.3) is 0 Å². The second kappa shape index (κ2) is 4.42. The fraction of sp³-hybridized carbons (Fsp3) is 0.571. The third-order valence-electron chi connectivity index (χ3n) is 4.49. The quantitative estimate of drug-likeness (QED) is 0.891. The number of benzene rings is 1. The zero-order valence-corrected chi connectivity index (χ0v) is 11.5. The largest absolute Gasteiger partial charge is 0.363 e. The van der Waals surface area contributed by atoms with Crippen molar-refractivity contribution in [2.75, 3.05) is 23.7 Å². The minimum absolute atomic E-state index is 0.0176. The van der Waals surface area contributed by atoms with Gasteiger partial charge in [0, 0.05) is 24.0 Å². The van der Waals surface area contributed by atoms with Gasteiger partial charge in [0.15, 0.2) is 0 Å². The van der Waals surface area contributed by atoms with Gasteiger partial charge < -0.3 is 10.6 Å². The van der Waals surface area contributed by atoms with Gasteiger partial charge in [-0.25, -0.2) is 4.39 Å². The van der Waals surface area contributed by atoms with Gasteiger partial charge in [-0.15, -0.1) is 0 Å². The number of nitrogens with zero attached hydrogens (tertiary/aromatic N) is 1. The zero-order chi connectivity index (χ0) is 12.8. The van der Waals surface area contributed by atoms with Crippen molar-refractivity contribution in [2.45, 2.75) is 30.6 Å². The summed E-state index contributed by atoms with van der Waals surface area (Å²) in [6.07, 6.45) is 2.11. The molecule has 2 N–H and O–H groups in total. The van der Waals surface area contributed by atoms with Crippen LogP contribution >= 0.6 is 11.8 Å². The van der Waals surface area contributed by atoms with Gasteiger partial charge in [-0.1, -0.05) is 13.0 Å². The predicted molar refractivity (Wildman–Crippen MR) is 75.8 cm³/mol.